The second-order valence-corrected chi connectivity index (χ2v) is 47.8. The van der Waals surface area contributed by atoms with Crippen molar-refractivity contribution in [2.45, 2.75) is 499 Å². The molecule has 34 heteroatoms. The van der Waals surface area contributed by atoms with Crippen molar-refractivity contribution in [2.24, 2.45) is 16.2 Å². The van der Waals surface area contributed by atoms with Crippen LogP contribution in [0.25, 0.3) is 0 Å². The van der Waals surface area contributed by atoms with Crippen LogP contribution < -0.4 is 21.4 Å². The number of likely N-dealkylation sites (tertiary alicyclic amines) is 2. The Hall–Kier alpha value is -9.01. The molecule has 9 rings (SSSR count). The maximum atomic E-state index is 12.5. The van der Waals surface area contributed by atoms with Gasteiger partial charge in [0.25, 0.3) is 0 Å². The first-order chi connectivity index (χ1) is 68.2. The van der Waals surface area contributed by atoms with Crippen molar-refractivity contribution >= 4 is 113 Å². The summed E-state index contributed by atoms with van der Waals surface area (Å²) in [6.45, 7) is 71.1. The van der Waals surface area contributed by atoms with E-state index in [1.807, 2.05) is 164 Å². The Bertz CT molecular complexity index is 4270. The van der Waals surface area contributed by atoms with Gasteiger partial charge in [0.05, 0.1) is 49.8 Å². The predicted molar refractivity (Wildman–Crippen MR) is 585 cm³/mol. The van der Waals surface area contributed by atoms with Gasteiger partial charge in [0.15, 0.2) is 0 Å². The molecule has 0 bridgehead atoms. The van der Waals surface area contributed by atoms with Crippen LogP contribution in [0.1, 0.15) is 418 Å². The number of nitrogens with one attached hydrogen (secondary N) is 4. The van der Waals surface area contributed by atoms with Gasteiger partial charge in [0.2, 0.25) is 40.7 Å². The summed E-state index contributed by atoms with van der Waals surface area (Å²) in [6, 6.07) is 0.687. The quantitative estimate of drug-likeness (QED) is 0.00818. The maximum Gasteiger partial charge on any atom is 0.410 e. The summed E-state index contributed by atoms with van der Waals surface area (Å²) in [4.78, 5) is 186. The number of Topliss-reactive ketones (excluding diaryl/α,β-unsaturated/α-hetero) is 1. The van der Waals surface area contributed by atoms with Gasteiger partial charge in [-0.3, -0.25) is 67.5 Å². The SMILES string of the molecule is C=C.C=CC[C@H]1CC(=O)CCN1C(=O)OC(C)(C)C.C=CC[C@H]1CC(C)(CC(=O)OC(C)(C)C)CCN1.C=CC[C@H]1CC(C)(CC(=O)OC(C)(C)C)CCN1C(=O)OC(C)(C)C.CC1(CC(=O)OC(C)(C)C)CCN2C(=O)C=CC[C@H]2C1.CCCCCC(=O)Cl.CCCCCC(=O)NC1(CC(=O)NO)CCN2C(=O)CCC[C@H]2C1.CCCCCC(=O)NC1(CC(=O)OC(C)(C)C)CCN2C(=O)C=CC[C@H]2C1.CCOC(C)=O.Cl. The minimum absolute atomic E-state index is 0. The molecule has 148 heavy (non-hydrogen) atoms. The smallest absolute Gasteiger partial charge is 0.410 e. The number of fused-ring (bicyclic) bond motifs is 3. The van der Waals surface area contributed by atoms with Gasteiger partial charge in [0.1, 0.15) is 39.4 Å². The monoisotopic (exact) mass is 2130 g/mol. The summed E-state index contributed by atoms with van der Waals surface area (Å²) in [5.74, 6) is -0.972. The lowest BCUT2D eigenvalue weighted by Crippen LogP contribution is -2.61. The van der Waals surface area contributed by atoms with E-state index in [1.165, 1.54) is 6.92 Å². The van der Waals surface area contributed by atoms with Crippen molar-refractivity contribution in [2.75, 3.05) is 45.9 Å². The minimum atomic E-state index is -0.672. The zero-order valence-corrected chi connectivity index (χ0v) is 97.2. The molecule has 7 saturated heterocycles. The minimum Gasteiger partial charge on any atom is -0.466 e. The molecule has 9 aliphatic rings. The Kier molecular flexibility index (Phi) is 62.7. The van der Waals surface area contributed by atoms with E-state index in [1.54, 1.807) is 40.4 Å². The Morgan fingerprint density at radius 1 is 0.459 bits per heavy atom. The van der Waals surface area contributed by atoms with E-state index in [-0.39, 0.29) is 160 Å². The number of carbonyl (C=O) groups excluding carboxylic acids is 15. The van der Waals surface area contributed by atoms with E-state index in [9.17, 15) is 71.9 Å². The second-order valence-electron chi connectivity index (χ2n) is 47.4. The fraction of sp³-hybridized carbons (Fsp3) is 0.763. The fourth-order valence-corrected chi connectivity index (χ4v) is 19.6. The Morgan fingerprint density at radius 3 is 1.26 bits per heavy atom. The van der Waals surface area contributed by atoms with E-state index in [0.717, 1.165) is 142 Å². The molecule has 0 aromatic heterocycles. The van der Waals surface area contributed by atoms with Gasteiger partial charge in [0, 0.05) is 114 Å². The molecule has 848 valence electrons. The highest BCUT2D eigenvalue weighted by atomic mass is 35.5. The van der Waals surface area contributed by atoms with Crippen LogP contribution in [0.5, 0.6) is 0 Å². The standard InChI is InChI=1S/C21H34N2O4.C20H35NO4.C17H29N3O4.C16H25NO3.C15H27NO2.C13H21NO3.C6H11ClO.C4H8O2.C2H4.ClH/c1-5-6-7-10-17(24)22-21(15-19(26)27-20(2,3)4)12-13-23-16(14-21)9-8-11-18(23)25;1-9-10-15-13-20(8,14-16(22)24-18(2,3)4)11-12-21(15)17(23)25-19(5,6)7;1-2-3-4-7-14(21)18-17(12-15(22)19-24)9-10-20-13(11-17)6-5-8-16(20)23;1-15(2,3)20-14(19)11-16(4)8-9-17-12(10-16)6-5-7-13(17)18;1-6-7-12-10-15(5,8-9-16-12)11-13(17)18-14(2,3)4;1-5-6-10-9-11(15)7-8-14(10)12(16)17-13(2,3)4;1-2-3-4-5-6(7)8;1-3-6-4(2)5;1-2;/h8,11,16H,5-7,9-10,12-15H2,1-4H3,(H,22,24);9,15H,1,10-14H2,2-8H3;13,24H,2-12H2,1H3,(H,18,21)(H,19,22);5,7,12H,6,8-11H2,1-4H3;6,12,16H,1,7-11H2,2-5H3;5,10H,1,6-9H2,2-4H3;2-5H2,1H3;3H2,1-2H3;1-2H2;1H/t16-,21?;15-,20?;13-,17?;12-,16?;12-,15?;10-;;;;/m000000..../s1. The third-order valence-electron chi connectivity index (χ3n) is 25.9. The summed E-state index contributed by atoms with van der Waals surface area (Å²) < 4.78 is 37.1. The number of hydrogen-bond acceptors (Lipinski definition) is 24. The number of halogens is 2. The maximum absolute atomic E-state index is 12.5. The van der Waals surface area contributed by atoms with E-state index < -0.39 is 45.0 Å². The zero-order chi connectivity index (χ0) is 112. The normalized spacial score (nSPS) is 23.9. The highest BCUT2D eigenvalue weighted by Gasteiger charge is 2.49. The van der Waals surface area contributed by atoms with E-state index >= 15 is 0 Å². The number of nitrogens with zero attached hydrogens (tertiary/aromatic N) is 5. The summed E-state index contributed by atoms with van der Waals surface area (Å²) in [6.07, 6.45) is 38.6. The summed E-state index contributed by atoms with van der Waals surface area (Å²) in [7, 11) is 0. The first kappa shape index (κ1) is 139. The van der Waals surface area contributed by atoms with Crippen molar-refractivity contribution in [1.29, 1.82) is 0 Å². The van der Waals surface area contributed by atoms with Gasteiger partial charge in [-0.2, -0.15) is 0 Å². The molecule has 7 fully saturated rings. The molecule has 0 saturated carbocycles. The van der Waals surface area contributed by atoms with Crippen LogP contribution in [0.4, 0.5) is 9.59 Å². The van der Waals surface area contributed by atoms with Gasteiger partial charge in [-0.05, 0) is 307 Å². The van der Waals surface area contributed by atoms with Gasteiger partial charge >= 0.3 is 42.0 Å². The Balaban J connectivity index is 0.00000171. The Morgan fingerprint density at radius 2 is 0.845 bits per heavy atom. The van der Waals surface area contributed by atoms with Crippen molar-refractivity contribution in [3.63, 3.8) is 0 Å². The van der Waals surface area contributed by atoms with Gasteiger partial charge in [-0.25, -0.2) is 15.1 Å². The number of hydroxylamine groups is 1. The third-order valence-corrected chi connectivity index (χ3v) is 26.1. The predicted octanol–water partition coefficient (Wildman–Crippen LogP) is 21.7. The molecule has 0 aromatic rings. The molecular formula is C114H195Cl2N9O23. The Labute approximate surface area is 899 Å². The highest BCUT2D eigenvalue weighted by Crippen LogP contribution is 2.44. The van der Waals surface area contributed by atoms with Crippen LogP contribution in [0.15, 0.2) is 75.4 Å². The third kappa shape index (κ3) is 58.6. The molecule has 0 aliphatic carbocycles. The lowest BCUT2D eigenvalue weighted by molar-refractivity contribution is -0.160. The second kappa shape index (κ2) is 66.7. The van der Waals surface area contributed by atoms with Crippen molar-refractivity contribution in [1.82, 2.24) is 45.9 Å². The van der Waals surface area contributed by atoms with Crippen LogP contribution >= 0.6 is 24.0 Å². The number of ether oxygens (including phenoxy) is 7. The summed E-state index contributed by atoms with van der Waals surface area (Å²) in [5, 5.41) is 18.4. The van der Waals surface area contributed by atoms with Crippen molar-refractivity contribution in [3.8, 4) is 0 Å². The van der Waals surface area contributed by atoms with Crippen LogP contribution in [0, 0.1) is 16.2 Å². The number of esters is 5. The van der Waals surface area contributed by atoms with Gasteiger partial charge < -0.3 is 73.6 Å². The molecule has 9 aliphatic heterocycles. The first-order valence-electron chi connectivity index (χ1n) is 53.7. The number of hydrogen-bond donors (Lipinski definition) is 5. The van der Waals surface area contributed by atoms with E-state index in [0.29, 0.717) is 135 Å². The van der Waals surface area contributed by atoms with Gasteiger partial charge in [-0.1, -0.05) is 110 Å². The number of amides is 8. The molecule has 8 amide bonds. The van der Waals surface area contributed by atoms with Crippen LogP contribution in [0.3, 0.4) is 0 Å². The average molecular weight is 2130 g/mol. The topological polar surface area (TPSA) is 405 Å². The zero-order valence-electron chi connectivity index (χ0n) is 95.6. The lowest BCUT2D eigenvalue weighted by Gasteiger charge is -2.48. The van der Waals surface area contributed by atoms with E-state index in [4.69, 9.17) is 45.2 Å². The largest absolute Gasteiger partial charge is 0.466 e. The number of ketones is 1. The summed E-state index contributed by atoms with van der Waals surface area (Å²) >= 11 is 5.07. The fourth-order valence-electron chi connectivity index (χ4n) is 19.5. The molecule has 5 N–H and O–H groups in total. The number of unbranched alkanes of at least 4 members (excludes halogenated alkanes) is 6. The van der Waals surface area contributed by atoms with Crippen LogP contribution in [0.2, 0.25) is 0 Å². The number of carbonyl (C=O) groups is 15. The molecular weight excluding hydrogens is 1930 g/mol. The van der Waals surface area contributed by atoms with Gasteiger partial charge in [-0.15, -0.1) is 45.3 Å². The number of piperidine rings is 7. The highest BCUT2D eigenvalue weighted by molar-refractivity contribution is 6.63. The van der Waals surface area contributed by atoms with Crippen molar-refractivity contribution < 1.29 is 110 Å². The molecule has 32 nitrogen and oxygen atoms in total. The average Bonchev–Trinajstić information content (AvgIpc) is 0.863. The van der Waals surface area contributed by atoms with E-state index in [2.05, 4.69) is 95.1 Å². The molecule has 0 aromatic carbocycles. The molecule has 0 radical (unpaired) electrons. The van der Waals surface area contributed by atoms with Crippen LogP contribution in [-0.2, 0) is 95.5 Å². The summed E-state index contributed by atoms with van der Waals surface area (Å²) in [5.41, 5.74) is -2.72. The van der Waals surface area contributed by atoms with Crippen molar-refractivity contribution in [3.05, 3.63) is 75.4 Å². The molecule has 0 spiro atoms. The first-order valence-corrected chi connectivity index (χ1v) is 54.1. The molecule has 9 heterocycles. The van der Waals surface area contributed by atoms with Crippen LogP contribution in [-0.4, -0.2) is 245 Å². The lowest BCUT2D eigenvalue weighted by atomic mass is 9.73. The molecule has 5 unspecified atom stereocenters. The number of rotatable bonds is 31. The molecule has 11 atom stereocenters.